The maximum absolute atomic E-state index is 2.12. The molecule has 0 radical (unpaired) electrons. The molecule has 0 spiro atoms. The maximum Gasteiger partial charge on any atom is 4.00 e. The van der Waals surface area contributed by atoms with Crippen LogP contribution in [0.2, 0.25) is 0 Å². The molecule has 2 aromatic carbocycles. The van der Waals surface area contributed by atoms with Gasteiger partial charge in [0.2, 0.25) is 0 Å². The van der Waals surface area contributed by atoms with Gasteiger partial charge >= 0.3 is 26.2 Å². The third kappa shape index (κ3) is 7.50. The first-order chi connectivity index (χ1) is 6.61. The normalized spacial score (nSPS) is 7.76. The SMILES string of the molecule is Cc1ccc[c-]1C.Cc1ccc[c-]1C.[CH3-].[CH3-].[Zr+4]. The molecule has 0 bridgehead atoms. The predicted octanol–water partition coefficient (Wildman–Crippen LogP) is 4.94. The van der Waals surface area contributed by atoms with Gasteiger partial charge in [-0.05, 0) is 0 Å². The third-order valence-electron chi connectivity index (χ3n) is 2.63. The van der Waals surface area contributed by atoms with Crippen molar-refractivity contribution >= 4 is 0 Å². The summed E-state index contributed by atoms with van der Waals surface area (Å²) in [7, 11) is 0. The zero-order chi connectivity index (χ0) is 10.6. The van der Waals surface area contributed by atoms with Gasteiger partial charge < -0.3 is 14.9 Å². The first kappa shape index (κ1) is 21.8. The smallest absolute Gasteiger partial charge is 0.358 e. The first-order valence-electron chi connectivity index (χ1n) is 4.99. The molecule has 0 N–H and O–H groups in total. The van der Waals surface area contributed by atoms with E-state index in [0.717, 1.165) is 0 Å². The van der Waals surface area contributed by atoms with Crippen molar-refractivity contribution in [1.29, 1.82) is 0 Å². The van der Waals surface area contributed by atoms with Crippen LogP contribution in [-0.4, -0.2) is 0 Å². The second kappa shape index (κ2) is 10.7. The molecule has 0 saturated carbocycles. The average Bonchev–Trinajstić information content (AvgIpc) is 2.67. The largest absolute Gasteiger partial charge is 4.00 e. The van der Waals surface area contributed by atoms with Crippen molar-refractivity contribution in [3.05, 3.63) is 73.5 Å². The number of rotatable bonds is 0. The van der Waals surface area contributed by atoms with Crippen molar-refractivity contribution in [3.8, 4) is 0 Å². The van der Waals surface area contributed by atoms with Gasteiger partial charge in [0.25, 0.3) is 0 Å². The van der Waals surface area contributed by atoms with Crippen molar-refractivity contribution in [2.75, 3.05) is 0 Å². The van der Waals surface area contributed by atoms with Crippen molar-refractivity contribution in [1.82, 2.24) is 0 Å². The van der Waals surface area contributed by atoms with E-state index in [4.69, 9.17) is 0 Å². The quantitative estimate of drug-likeness (QED) is 0.605. The topological polar surface area (TPSA) is 0 Å². The summed E-state index contributed by atoms with van der Waals surface area (Å²) >= 11 is 0. The van der Waals surface area contributed by atoms with Crippen LogP contribution >= 0.6 is 0 Å². The van der Waals surface area contributed by atoms with E-state index in [9.17, 15) is 0 Å². The van der Waals surface area contributed by atoms with Gasteiger partial charge in [0, 0.05) is 0 Å². The maximum atomic E-state index is 2.12. The molecule has 0 heterocycles. The summed E-state index contributed by atoms with van der Waals surface area (Å²) in [6.45, 7) is 8.48. The number of hydrogen-bond donors (Lipinski definition) is 0. The summed E-state index contributed by atoms with van der Waals surface area (Å²) in [5.41, 5.74) is 5.56. The Morgan fingerprint density at radius 2 is 1.06 bits per heavy atom. The third-order valence-corrected chi connectivity index (χ3v) is 2.63. The summed E-state index contributed by atoms with van der Waals surface area (Å²) in [4.78, 5) is 0. The molecule has 1 heteroatoms. The average molecular weight is 308 g/mol. The summed E-state index contributed by atoms with van der Waals surface area (Å²) in [6, 6.07) is 12.6. The van der Waals surface area contributed by atoms with E-state index in [-0.39, 0.29) is 41.1 Å². The Morgan fingerprint density at radius 1 is 0.765 bits per heavy atom. The van der Waals surface area contributed by atoms with Crippen LogP contribution in [0.25, 0.3) is 0 Å². The number of hydrogen-bond acceptors (Lipinski definition) is 0. The molecule has 0 aromatic heterocycles. The molecule has 2 rings (SSSR count). The van der Waals surface area contributed by atoms with E-state index >= 15 is 0 Å². The molecule has 92 valence electrons. The van der Waals surface area contributed by atoms with E-state index in [1.807, 2.05) is 0 Å². The predicted molar refractivity (Wildman–Crippen MR) is 75.8 cm³/mol. The van der Waals surface area contributed by atoms with E-state index in [0.29, 0.717) is 0 Å². The summed E-state index contributed by atoms with van der Waals surface area (Å²) in [5.74, 6) is 0. The fourth-order valence-corrected chi connectivity index (χ4v) is 1.20. The zero-order valence-corrected chi connectivity index (χ0v) is 14.4. The van der Waals surface area contributed by atoms with Gasteiger partial charge in [0.1, 0.15) is 0 Å². The minimum absolute atomic E-state index is 0. The van der Waals surface area contributed by atoms with Crippen LogP contribution in [0.1, 0.15) is 22.3 Å². The molecule has 17 heavy (non-hydrogen) atoms. The number of aryl methyl sites for hydroxylation is 4. The molecule has 0 aliphatic rings. The Morgan fingerprint density at radius 3 is 1.12 bits per heavy atom. The van der Waals surface area contributed by atoms with Gasteiger partial charge in [-0.2, -0.15) is 34.4 Å². The van der Waals surface area contributed by atoms with Crippen molar-refractivity contribution in [3.63, 3.8) is 0 Å². The van der Waals surface area contributed by atoms with E-state index in [2.05, 4.69) is 64.1 Å². The Kier molecular flexibility index (Phi) is 13.8. The monoisotopic (exact) mass is 306 g/mol. The minimum atomic E-state index is 0. The second-order valence-corrected chi connectivity index (χ2v) is 3.78. The fourth-order valence-electron chi connectivity index (χ4n) is 1.20. The Bertz CT molecular complexity index is 308. The van der Waals surface area contributed by atoms with Crippen molar-refractivity contribution in [2.24, 2.45) is 0 Å². The summed E-state index contributed by atoms with van der Waals surface area (Å²) in [5, 5.41) is 0. The molecule has 0 aliphatic carbocycles. The van der Waals surface area contributed by atoms with Crippen LogP contribution in [0, 0.1) is 42.5 Å². The molecular weight excluding hydrogens is 283 g/mol. The molecule has 0 unspecified atom stereocenters. The van der Waals surface area contributed by atoms with Gasteiger partial charge in [0.05, 0.1) is 0 Å². The van der Waals surface area contributed by atoms with Crippen LogP contribution in [0.15, 0.2) is 36.4 Å². The van der Waals surface area contributed by atoms with E-state index in [1.165, 1.54) is 22.3 Å². The molecule has 0 fully saturated rings. The van der Waals surface area contributed by atoms with Crippen LogP contribution in [-0.2, 0) is 26.2 Å². The summed E-state index contributed by atoms with van der Waals surface area (Å²) < 4.78 is 0. The van der Waals surface area contributed by atoms with E-state index in [1.54, 1.807) is 0 Å². The molecule has 0 saturated heterocycles. The Hall–Kier alpha value is -0.417. The second-order valence-electron chi connectivity index (χ2n) is 3.78. The fraction of sp³-hybridized carbons (Fsp3) is 0.250. The molecular formula is C16H24Zr. The standard InChI is InChI=1S/2C7H9.2CH3.Zr/c2*1-6-4-3-5-7(6)2;;;/h2*3-5H,1-2H3;2*1H3;/q4*-1;+4. The molecule has 0 atom stereocenters. The summed E-state index contributed by atoms with van der Waals surface area (Å²) in [6.07, 6.45) is 0. The van der Waals surface area contributed by atoms with Gasteiger partial charge in [-0.15, -0.1) is 0 Å². The van der Waals surface area contributed by atoms with Crippen molar-refractivity contribution < 1.29 is 26.2 Å². The van der Waals surface area contributed by atoms with Crippen LogP contribution in [0.5, 0.6) is 0 Å². The van der Waals surface area contributed by atoms with Gasteiger partial charge in [-0.25, -0.2) is 24.3 Å². The van der Waals surface area contributed by atoms with Crippen molar-refractivity contribution in [2.45, 2.75) is 27.7 Å². The van der Waals surface area contributed by atoms with Crippen LogP contribution in [0.4, 0.5) is 0 Å². The Balaban J connectivity index is -0.000000196. The minimum Gasteiger partial charge on any atom is -0.358 e. The zero-order valence-electron chi connectivity index (χ0n) is 12.0. The molecule has 0 aliphatic heterocycles. The van der Waals surface area contributed by atoms with E-state index < -0.39 is 0 Å². The van der Waals surface area contributed by atoms with Crippen LogP contribution in [0.3, 0.4) is 0 Å². The van der Waals surface area contributed by atoms with Crippen LogP contribution < -0.4 is 0 Å². The molecule has 0 nitrogen and oxygen atoms in total. The Labute approximate surface area is 127 Å². The van der Waals surface area contributed by atoms with Gasteiger partial charge in [0.15, 0.2) is 0 Å². The molecule has 2 aromatic rings. The molecule has 0 amide bonds. The van der Waals surface area contributed by atoms with Gasteiger partial charge in [-0.3, -0.25) is 0 Å². The first-order valence-corrected chi connectivity index (χ1v) is 4.99. The van der Waals surface area contributed by atoms with Gasteiger partial charge in [-0.1, -0.05) is 27.7 Å².